The van der Waals surface area contributed by atoms with Gasteiger partial charge in [0, 0.05) is 17.8 Å². The van der Waals surface area contributed by atoms with Gasteiger partial charge in [0.15, 0.2) is 0 Å². The molecule has 258 valence electrons. The fourth-order valence-corrected chi connectivity index (χ4v) is 7.76. The lowest BCUT2D eigenvalue weighted by Crippen LogP contribution is -2.16. The molecule has 9 rings (SSSR count). The van der Waals surface area contributed by atoms with Crippen molar-refractivity contribution in [1.82, 2.24) is 5.32 Å². The fourth-order valence-electron chi connectivity index (χ4n) is 7.76. The predicted molar refractivity (Wildman–Crippen MR) is 230 cm³/mol. The standard InChI is InChI=1S/C52H40N2/c53-50(40-19-8-3-9-20-40)34-51(46-30-29-42(37-14-4-1-5-15-37)32-48(46)38-16-6-2-7-17-38)54-35-36-24-26-41(27-25-36)52-45-23-13-11-21-43(45)33-49-44-22-12-10-18-39(44)28-31-47(49)52/h1-34,50,54H,35,53H2/b51-34-. The molecule has 1 atom stereocenters. The highest BCUT2D eigenvalue weighted by atomic mass is 14.9. The third-order valence-electron chi connectivity index (χ3n) is 10.5. The van der Waals surface area contributed by atoms with Gasteiger partial charge in [-0.05, 0) is 95.0 Å². The Morgan fingerprint density at radius 3 is 1.81 bits per heavy atom. The van der Waals surface area contributed by atoms with E-state index in [9.17, 15) is 0 Å². The molecule has 2 nitrogen and oxygen atoms in total. The minimum absolute atomic E-state index is 0.288. The highest BCUT2D eigenvalue weighted by Gasteiger charge is 2.16. The molecule has 0 aliphatic carbocycles. The molecule has 54 heavy (non-hydrogen) atoms. The molecular formula is C52H40N2. The first-order valence-corrected chi connectivity index (χ1v) is 18.6. The summed E-state index contributed by atoms with van der Waals surface area (Å²) in [7, 11) is 0. The Morgan fingerprint density at radius 2 is 1.07 bits per heavy atom. The monoisotopic (exact) mass is 692 g/mol. The molecule has 9 aromatic carbocycles. The number of benzene rings is 9. The lowest BCUT2D eigenvalue weighted by molar-refractivity contribution is 0.858. The second kappa shape index (κ2) is 14.7. The van der Waals surface area contributed by atoms with Gasteiger partial charge in [-0.1, -0.05) is 188 Å². The van der Waals surface area contributed by atoms with Gasteiger partial charge in [0.1, 0.15) is 0 Å². The molecule has 0 fully saturated rings. The van der Waals surface area contributed by atoms with E-state index in [1.807, 2.05) is 18.2 Å². The Morgan fingerprint density at radius 1 is 0.463 bits per heavy atom. The summed E-state index contributed by atoms with van der Waals surface area (Å²) >= 11 is 0. The van der Waals surface area contributed by atoms with Gasteiger partial charge in [-0.2, -0.15) is 0 Å². The topological polar surface area (TPSA) is 38.0 Å². The van der Waals surface area contributed by atoms with Gasteiger partial charge < -0.3 is 11.1 Å². The number of hydrogen-bond donors (Lipinski definition) is 2. The average molecular weight is 693 g/mol. The highest BCUT2D eigenvalue weighted by Crippen LogP contribution is 2.40. The number of nitrogens with one attached hydrogen (secondary N) is 1. The van der Waals surface area contributed by atoms with Crippen LogP contribution in [-0.2, 0) is 6.54 Å². The molecule has 2 heteroatoms. The SMILES string of the molecule is NC(/C=C(\NCc1ccc(-c2c3ccccc3cc3c2ccc2ccccc23)cc1)c1ccc(-c2ccccc2)cc1-c1ccccc1)c1ccccc1. The quantitative estimate of drug-likeness (QED) is 0.117. The van der Waals surface area contributed by atoms with Gasteiger partial charge in [0.2, 0.25) is 0 Å². The van der Waals surface area contributed by atoms with Crippen LogP contribution >= 0.6 is 0 Å². The average Bonchev–Trinajstić information content (AvgIpc) is 3.25. The summed E-state index contributed by atoms with van der Waals surface area (Å²) in [6.45, 7) is 0.642. The van der Waals surface area contributed by atoms with Crippen LogP contribution in [0.1, 0.15) is 22.7 Å². The first-order valence-electron chi connectivity index (χ1n) is 18.6. The largest absolute Gasteiger partial charge is 0.381 e. The molecule has 0 saturated heterocycles. The molecule has 0 aliphatic rings. The van der Waals surface area contributed by atoms with Crippen molar-refractivity contribution in [3.05, 3.63) is 223 Å². The summed E-state index contributed by atoms with van der Waals surface area (Å²) in [6.07, 6.45) is 2.17. The Balaban J connectivity index is 1.10. The highest BCUT2D eigenvalue weighted by molar-refractivity contribution is 6.20. The minimum atomic E-state index is -0.288. The summed E-state index contributed by atoms with van der Waals surface area (Å²) < 4.78 is 0. The van der Waals surface area contributed by atoms with Gasteiger partial charge in [-0.15, -0.1) is 0 Å². The molecular weight excluding hydrogens is 653 g/mol. The normalized spacial score (nSPS) is 12.3. The van der Waals surface area contributed by atoms with E-state index in [1.165, 1.54) is 60.1 Å². The third-order valence-corrected chi connectivity index (χ3v) is 10.5. The second-order valence-electron chi connectivity index (χ2n) is 13.9. The molecule has 0 aliphatic heterocycles. The molecule has 3 N–H and O–H groups in total. The number of hydrogen-bond acceptors (Lipinski definition) is 2. The Hall–Kier alpha value is -6.74. The first kappa shape index (κ1) is 33.1. The van der Waals surface area contributed by atoms with Crippen LogP contribution in [0.4, 0.5) is 0 Å². The van der Waals surface area contributed by atoms with Crippen molar-refractivity contribution in [2.24, 2.45) is 5.73 Å². The van der Waals surface area contributed by atoms with Crippen LogP contribution in [-0.4, -0.2) is 0 Å². The van der Waals surface area contributed by atoms with E-state index in [0.717, 1.165) is 28.0 Å². The van der Waals surface area contributed by atoms with Gasteiger partial charge in [-0.25, -0.2) is 0 Å². The van der Waals surface area contributed by atoms with E-state index < -0.39 is 0 Å². The van der Waals surface area contributed by atoms with Crippen LogP contribution < -0.4 is 11.1 Å². The van der Waals surface area contributed by atoms with Crippen molar-refractivity contribution >= 4 is 38.0 Å². The van der Waals surface area contributed by atoms with Gasteiger partial charge in [0.05, 0.1) is 6.04 Å². The van der Waals surface area contributed by atoms with Crippen LogP contribution in [0.25, 0.3) is 71.4 Å². The lowest BCUT2D eigenvalue weighted by Gasteiger charge is -2.20. The molecule has 1 unspecified atom stereocenters. The lowest BCUT2D eigenvalue weighted by atomic mass is 9.89. The first-order chi connectivity index (χ1) is 26.7. The summed E-state index contributed by atoms with van der Waals surface area (Å²) in [4.78, 5) is 0. The molecule has 0 amide bonds. The maximum Gasteiger partial charge on any atom is 0.0504 e. The fraction of sp³-hybridized carbons (Fsp3) is 0.0385. The molecule has 9 aromatic rings. The van der Waals surface area contributed by atoms with E-state index in [2.05, 4.69) is 193 Å². The molecule has 0 saturated carbocycles. The second-order valence-corrected chi connectivity index (χ2v) is 13.9. The van der Waals surface area contributed by atoms with Crippen molar-refractivity contribution in [3.8, 4) is 33.4 Å². The van der Waals surface area contributed by atoms with Gasteiger partial charge in [0.25, 0.3) is 0 Å². The van der Waals surface area contributed by atoms with Crippen molar-refractivity contribution in [3.63, 3.8) is 0 Å². The van der Waals surface area contributed by atoms with Gasteiger partial charge in [-0.3, -0.25) is 0 Å². The zero-order valence-electron chi connectivity index (χ0n) is 30.0. The number of fused-ring (bicyclic) bond motifs is 4. The smallest absolute Gasteiger partial charge is 0.0504 e. The van der Waals surface area contributed by atoms with Crippen molar-refractivity contribution < 1.29 is 0 Å². The van der Waals surface area contributed by atoms with E-state index in [1.54, 1.807) is 0 Å². The van der Waals surface area contributed by atoms with E-state index in [4.69, 9.17) is 5.73 Å². The van der Waals surface area contributed by atoms with E-state index in [-0.39, 0.29) is 6.04 Å². The van der Waals surface area contributed by atoms with Crippen LogP contribution in [0.2, 0.25) is 0 Å². The molecule has 0 spiro atoms. The molecule has 0 aromatic heterocycles. The Bertz CT molecular complexity index is 2750. The summed E-state index contributed by atoms with van der Waals surface area (Å²) in [5.41, 5.74) is 18.4. The summed E-state index contributed by atoms with van der Waals surface area (Å²) in [5, 5.41) is 11.4. The van der Waals surface area contributed by atoms with Crippen LogP contribution in [0.3, 0.4) is 0 Å². The van der Waals surface area contributed by atoms with Gasteiger partial charge >= 0.3 is 0 Å². The van der Waals surface area contributed by atoms with Crippen LogP contribution in [0, 0.1) is 0 Å². The van der Waals surface area contributed by atoms with Crippen molar-refractivity contribution in [2.75, 3.05) is 0 Å². The van der Waals surface area contributed by atoms with E-state index >= 15 is 0 Å². The Kier molecular flexibility index (Phi) is 9.02. The minimum Gasteiger partial charge on any atom is -0.381 e. The number of nitrogens with two attached hydrogens (primary N) is 1. The molecule has 0 heterocycles. The predicted octanol–water partition coefficient (Wildman–Crippen LogP) is 13.0. The van der Waals surface area contributed by atoms with Crippen molar-refractivity contribution in [2.45, 2.75) is 12.6 Å². The maximum atomic E-state index is 6.91. The van der Waals surface area contributed by atoms with Crippen molar-refractivity contribution in [1.29, 1.82) is 0 Å². The zero-order valence-corrected chi connectivity index (χ0v) is 30.0. The van der Waals surface area contributed by atoms with Crippen LogP contribution in [0.15, 0.2) is 206 Å². The van der Waals surface area contributed by atoms with Crippen LogP contribution in [0.5, 0.6) is 0 Å². The molecule has 0 radical (unpaired) electrons. The summed E-state index contributed by atoms with van der Waals surface area (Å²) in [6, 6.07) is 71.3. The molecule has 0 bridgehead atoms. The Labute approximate surface area is 316 Å². The third kappa shape index (κ3) is 6.56. The maximum absolute atomic E-state index is 6.91. The number of rotatable bonds is 9. The zero-order chi connectivity index (χ0) is 36.3. The summed E-state index contributed by atoms with van der Waals surface area (Å²) in [5.74, 6) is 0. The van der Waals surface area contributed by atoms with E-state index in [0.29, 0.717) is 6.54 Å².